The van der Waals surface area contributed by atoms with Crippen LogP contribution >= 0.6 is 15.9 Å². The smallest absolute Gasteiger partial charge is 0.199 e. The number of aromatic nitrogens is 2. The molecule has 5 nitrogen and oxygen atoms in total. The first-order chi connectivity index (χ1) is 9.56. The molecule has 0 aliphatic rings. The molecule has 3 rings (SSSR count). The predicted octanol–water partition coefficient (Wildman–Crippen LogP) is 3.15. The molecule has 100 valence electrons. The zero-order valence-corrected chi connectivity index (χ0v) is 11.8. The van der Waals surface area contributed by atoms with E-state index in [0.717, 1.165) is 15.4 Å². The van der Waals surface area contributed by atoms with Gasteiger partial charge in [-0.3, -0.25) is 10.4 Å². The number of pyridine rings is 1. The normalized spacial score (nSPS) is 10.8. The van der Waals surface area contributed by atoms with Crippen LogP contribution in [0.1, 0.15) is 11.1 Å². The summed E-state index contributed by atoms with van der Waals surface area (Å²) in [6, 6.07) is 6.93. The Kier molecular flexibility index (Phi) is 2.94. The molecule has 0 amide bonds. The van der Waals surface area contributed by atoms with Crippen LogP contribution in [0.2, 0.25) is 0 Å². The number of benzene rings is 1. The number of nitrogens with zero attached hydrogens (tertiary/aromatic N) is 1. The van der Waals surface area contributed by atoms with Crippen LogP contribution in [0.4, 0.5) is 0 Å². The van der Waals surface area contributed by atoms with Gasteiger partial charge in [-0.25, -0.2) is 0 Å². The van der Waals surface area contributed by atoms with Crippen molar-refractivity contribution in [1.29, 1.82) is 5.41 Å². The van der Waals surface area contributed by atoms with E-state index in [1.54, 1.807) is 0 Å². The number of rotatable bonds is 2. The number of hydrogen-bond donors (Lipinski definition) is 4. The molecule has 0 aliphatic heterocycles. The largest absolute Gasteiger partial charge is 0.506 e. The molecular formula is C14H10BrN3O2. The van der Waals surface area contributed by atoms with Gasteiger partial charge in [0.1, 0.15) is 5.75 Å². The first-order valence-electron chi connectivity index (χ1n) is 5.80. The van der Waals surface area contributed by atoms with Crippen LogP contribution in [0, 0.1) is 5.41 Å². The summed E-state index contributed by atoms with van der Waals surface area (Å²) in [5, 5.41) is 28.4. The summed E-state index contributed by atoms with van der Waals surface area (Å²) in [6.07, 6.45) is 2.76. The van der Waals surface area contributed by atoms with Crippen molar-refractivity contribution in [2.75, 3.05) is 0 Å². The van der Waals surface area contributed by atoms with E-state index in [2.05, 4.69) is 25.9 Å². The lowest BCUT2D eigenvalue weighted by atomic mass is 10.0. The van der Waals surface area contributed by atoms with Crippen LogP contribution in [-0.4, -0.2) is 25.9 Å². The molecule has 0 spiro atoms. The van der Waals surface area contributed by atoms with Crippen molar-refractivity contribution >= 4 is 32.5 Å². The van der Waals surface area contributed by atoms with Gasteiger partial charge in [0.15, 0.2) is 5.88 Å². The second-order valence-electron chi connectivity index (χ2n) is 4.35. The molecule has 0 radical (unpaired) electrons. The Morgan fingerprint density at radius 2 is 2.00 bits per heavy atom. The number of halogens is 1. The molecule has 0 aliphatic carbocycles. The van der Waals surface area contributed by atoms with Gasteiger partial charge in [-0.1, -0.05) is 15.9 Å². The zero-order valence-electron chi connectivity index (χ0n) is 10.2. The van der Waals surface area contributed by atoms with E-state index in [4.69, 9.17) is 5.41 Å². The van der Waals surface area contributed by atoms with Crippen LogP contribution in [0.3, 0.4) is 0 Å². The monoisotopic (exact) mass is 331 g/mol. The summed E-state index contributed by atoms with van der Waals surface area (Å²) in [4.78, 5) is 6.68. The van der Waals surface area contributed by atoms with Gasteiger partial charge in [-0.2, -0.15) is 0 Å². The highest BCUT2D eigenvalue weighted by Crippen LogP contribution is 2.31. The van der Waals surface area contributed by atoms with Crippen LogP contribution in [0.25, 0.3) is 10.9 Å². The van der Waals surface area contributed by atoms with E-state index >= 15 is 0 Å². The van der Waals surface area contributed by atoms with Crippen LogP contribution in [-0.2, 0) is 0 Å². The first-order valence-corrected chi connectivity index (χ1v) is 6.59. The number of aromatic hydroxyl groups is 2. The lowest BCUT2D eigenvalue weighted by Gasteiger charge is -2.04. The van der Waals surface area contributed by atoms with E-state index in [1.807, 2.05) is 18.2 Å². The molecule has 0 atom stereocenters. The van der Waals surface area contributed by atoms with E-state index in [-0.39, 0.29) is 17.3 Å². The summed E-state index contributed by atoms with van der Waals surface area (Å²) >= 11 is 3.37. The van der Waals surface area contributed by atoms with E-state index in [0.29, 0.717) is 11.1 Å². The molecule has 0 fully saturated rings. The van der Waals surface area contributed by atoms with Gasteiger partial charge in [0.2, 0.25) is 0 Å². The van der Waals surface area contributed by atoms with Crippen molar-refractivity contribution < 1.29 is 10.2 Å². The minimum Gasteiger partial charge on any atom is -0.506 e. The molecular weight excluding hydrogens is 322 g/mol. The maximum absolute atomic E-state index is 10.0. The molecule has 4 N–H and O–H groups in total. The second-order valence-corrected chi connectivity index (χ2v) is 5.26. The summed E-state index contributed by atoms with van der Waals surface area (Å²) in [6.45, 7) is 0. The average molecular weight is 332 g/mol. The third kappa shape index (κ3) is 2.04. The molecule has 0 saturated carbocycles. The van der Waals surface area contributed by atoms with Gasteiger partial charge < -0.3 is 15.2 Å². The van der Waals surface area contributed by atoms with Crippen LogP contribution in [0.15, 0.2) is 41.1 Å². The minimum atomic E-state index is -0.0774. The molecule has 2 aromatic heterocycles. The first kappa shape index (κ1) is 12.7. The lowest BCUT2D eigenvalue weighted by molar-refractivity contribution is 0.457. The number of nitrogens with one attached hydrogen (secondary N) is 2. The summed E-state index contributed by atoms with van der Waals surface area (Å²) in [5.41, 5.74) is 1.64. The van der Waals surface area contributed by atoms with Crippen molar-refractivity contribution in [2.45, 2.75) is 0 Å². The zero-order chi connectivity index (χ0) is 14.3. The van der Waals surface area contributed by atoms with Gasteiger partial charge in [0, 0.05) is 27.1 Å². The van der Waals surface area contributed by atoms with Gasteiger partial charge in [0.05, 0.1) is 17.5 Å². The Bertz CT molecular complexity index is 826. The Morgan fingerprint density at radius 3 is 2.75 bits per heavy atom. The maximum Gasteiger partial charge on any atom is 0.199 e. The van der Waals surface area contributed by atoms with Crippen molar-refractivity contribution in [3.05, 3.63) is 52.3 Å². The standard InChI is InChI=1S/C14H10BrN3O2/c15-8-1-2-11-10(4-8)12(14(20)18-11)13(16)7-3-9(19)6-17-5-7/h1-6,16,18-20H. The highest BCUT2D eigenvalue weighted by Gasteiger charge is 2.17. The Labute approximate surface area is 122 Å². The molecule has 6 heteroatoms. The molecule has 0 unspecified atom stereocenters. The fourth-order valence-corrected chi connectivity index (χ4v) is 2.47. The maximum atomic E-state index is 10.0. The van der Waals surface area contributed by atoms with Crippen molar-refractivity contribution in [1.82, 2.24) is 9.97 Å². The Hall–Kier alpha value is -2.34. The van der Waals surface area contributed by atoms with E-state index < -0.39 is 0 Å². The second kappa shape index (κ2) is 4.64. The number of hydrogen-bond acceptors (Lipinski definition) is 4. The molecule has 0 bridgehead atoms. The highest BCUT2D eigenvalue weighted by molar-refractivity contribution is 9.10. The van der Waals surface area contributed by atoms with Crippen LogP contribution in [0.5, 0.6) is 11.6 Å². The van der Waals surface area contributed by atoms with Crippen LogP contribution < -0.4 is 0 Å². The minimum absolute atomic E-state index is 0.0206. The Morgan fingerprint density at radius 1 is 1.20 bits per heavy atom. The van der Waals surface area contributed by atoms with Crippen molar-refractivity contribution in [3.63, 3.8) is 0 Å². The fraction of sp³-hybridized carbons (Fsp3) is 0. The van der Waals surface area contributed by atoms with Gasteiger partial charge >= 0.3 is 0 Å². The van der Waals surface area contributed by atoms with Crippen molar-refractivity contribution in [2.24, 2.45) is 0 Å². The SMILES string of the molecule is N=C(c1cncc(O)c1)c1c(O)[nH]c2ccc(Br)cc12. The topological polar surface area (TPSA) is 93.0 Å². The van der Waals surface area contributed by atoms with Gasteiger partial charge in [0.25, 0.3) is 0 Å². The molecule has 20 heavy (non-hydrogen) atoms. The number of aromatic amines is 1. The summed E-state index contributed by atoms with van der Waals surface area (Å²) < 4.78 is 0.854. The highest BCUT2D eigenvalue weighted by atomic mass is 79.9. The van der Waals surface area contributed by atoms with E-state index in [9.17, 15) is 10.2 Å². The average Bonchev–Trinajstić information content (AvgIpc) is 2.73. The molecule has 0 saturated heterocycles. The summed E-state index contributed by atoms with van der Waals surface area (Å²) in [5.74, 6) is -0.0980. The molecule has 3 aromatic rings. The number of fused-ring (bicyclic) bond motifs is 1. The van der Waals surface area contributed by atoms with E-state index in [1.165, 1.54) is 18.5 Å². The third-order valence-corrected chi connectivity index (χ3v) is 3.50. The van der Waals surface area contributed by atoms with Gasteiger partial charge in [-0.15, -0.1) is 0 Å². The quantitative estimate of drug-likeness (QED) is 0.543. The summed E-state index contributed by atoms with van der Waals surface area (Å²) in [7, 11) is 0. The van der Waals surface area contributed by atoms with Crippen molar-refractivity contribution in [3.8, 4) is 11.6 Å². The third-order valence-electron chi connectivity index (χ3n) is 3.00. The predicted molar refractivity (Wildman–Crippen MR) is 79.5 cm³/mol. The molecule has 1 aromatic carbocycles. The lowest BCUT2D eigenvalue weighted by Crippen LogP contribution is -2.01. The fourth-order valence-electron chi connectivity index (χ4n) is 2.11. The molecule has 2 heterocycles. The van der Waals surface area contributed by atoms with Gasteiger partial charge in [-0.05, 0) is 24.3 Å². The number of H-pyrrole nitrogens is 1. The Balaban J connectivity index is 2.21.